The maximum atomic E-state index is 12.6. The molecular weight excluding hydrogens is 258 g/mol. The molecule has 1 heterocycles. The van der Waals surface area contributed by atoms with Crippen LogP contribution >= 0.6 is 0 Å². The van der Waals surface area contributed by atoms with Gasteiger partial charge in [0.05, 0.1) is 24.1 Å². The van der Waals surface area contributed by atoms with Crippen molar-refractivity contribution in [1.29, 1.82) is 0 Å². The van der Waals surface area contributed by atoms with Crippen LogP contribution in [0.15, 0.2) is 24.3 Å². The van der Waals surface area contributed by atoms with Crippen LogP contribution in [0.1, 0.15) is 19.8 Å². The second-order valence-electron chi connectivity index (χ2n) is 5.47. The molecule has 3 unspecified atom stereocenters. The van der Waals surface area contributed by atoms with Crippen molar-refractivity contribution in [2.75, 3.05) is 11.4 Å². The van der Waals surface area contributed by atoms with Crippen molar-refractivity contribution < 1.29 is 19.4 Å². The van der Waals surface area contributed by atoms with Gasteiger partial charge in [0.25, 0.3) is 0 Å². The van der Waals surface area contributed by atoms with Crippen LogP contribution in [0, 0.1) is 11.8 Å². The van der Waals surface area contributed by atoms with E-state index in [2.05, 4.69) is 0 Å². The first-order chi connectivity index (χ1) is 9.58. The minimum absolute atomic E-state index is 0.0859. The average molecular weight is 275 g/mol. The van der Waals surface area contributed by atoms with Gasteiger partial charge in [-0.1, -0.05) is 12.1 Å². The fraction of sp³-hybridized carbons (Fsp3) is 0.467. The Balaban J connectivity index is 1.87. The molecule has 1 aliphatic carbocycles. The highest BCUT2D eigenvalue weighted by Gasteiger charge is 2.44. The van der Waals surface area contributed by atoms with Gasteiger partial charge in [-0.3, -0.25) is 9.59 Å². The number of hydrogen-bond donors (Lipinski definition) is 1. The van der Waals surface area contributed by atoms with Crippen molar-refractivity contribution in [3.8, 4) is 5.75 Å². The van der Waals surface area contributed by atoms with Crippen LogP contribution in [-0.4, -0.2) is 29.6 Å². The summed E-state index contributed by atoms with van der Waals surface area (Å²) in [5.41, 5.74) is 0.742. The number of rotatable bonds is 2. The average Bonchev–Trinajstić information content (AvgIpc) is 2.35. The summed E-state index contributed by atoms with van der Waals surface area (Å²) in [6.45, 7) is 2.38. The maximum Gasteiger partial charge on any atom is 0.307 e. The molecule has 1 aromatic carbocycles. The number of benzene rings is 1. The Kier molecular flexibility index (Phi) is 3.12. The third kappa shape index (κ3) is 2.03. The largest absolute Gasteiger partial charge is 0.487 e. The summed E-state index contributed by atoms with van der Waals surface area (Å²) < 4.78 is 5.71. The van der Waals surface area contributed by atoms with E-state index in [1.807, 2.05) is 31.2 Å². The molecule has 0 spiro atoms. The van der Waals surface area contributed by atoms with Crippen LogP contribution in [0.2, 0.25) is 0 Å². The number of nitrogens with zero attached hydrogens (tertiary/aromatic N) is 1. The smallest absolute Gasteiger partial charge is 0.307 e. The summed E-state index contributed by atoms with van der Waals surface area (Å²) in [6, 6.07) is 7.39. The number of hydrogen-bond acceptors (Lipinski definition) is 3. The summed E-state index contributed by atoms with van der Waals surface area (Å²) in [4.78, 5) is 25.4. The third-order valence-corrected chi connectivity index (χ3v) is 4.10. The van der Waals surface area contributed by atoms with Crippen molar-refractivity contribution in [2.45, 2.75) is 25.9 Å². The number of para-hydroxylation sites is 2. The summed E-state index contributed by atoms with van der Waals surface area (Å²) in [6.07, 6.45) is 1.16. The Morgan fingerprint density at radius 2 is 1.95 bits per heavy atom. The molecule has 0 aromatic heterocycles. The molecule has 5 heteroatoms. The first-order valence-corrected chi connectivity index (χ1v) is 6.88. The number of carboxylic acid groups (broad SMARTS) is 1. The van der Waals surface area contributed by atoms with Gasteiger partial charge in [0.15, 0.2) is 0 Å². The van der Waals surface area contributed by atoms with Crippen molar-refractivity contribution in [2.24, 2.45) is 11.8 Å². The minimum atomic E-state index is -0.871. The van der Waals surface area contributed by atoms with E-state index in [1.54, 1.807) is 4.90 Å². The number of fused-ring (bicyclic) bond motifs is 1. The summed E-state index contributed by atoms with van der Waals surface area (Å²) in [5, 5.41) is 9.10. The van der Waals surface area contributed by atoms with Crippen molar-refractivity contribution >= 4 is 17.6 Å². The number of aliphatic carboxylic acids is 1. The molecule has 1 saturated carbocycles. The first kappa shape index (κ1) is 13.0. The highest BCUT2D eigenvalue weighted by atomic mass is 16.5. The fourth-order valence-corrected chi connectivity index (χ4v) is 2.89. The molecule has 0 saturated heterocycles. The molecule has 1 N–H and O–H groups in total. The van der Waals surface area contributed by atoms with Gasteiger partial charge in [0.1, 0.15) is 11.9 Å². The Labute approximate surface area is 117 Å². The van der Waals surface area contributed by atoms with E-state index >= 15 is 0 Å². The molecule has 2 aliphatic rings. The van der Waals surface area contributed by atoms with Gasteiger partial charge >= 0.3 is 5.97 Å². The number of carbonyl (C=O) groups excluding carboxylic acids is 1. The molecular formula is C15H17NO4. The van der Waals surface area contributed by atoms with Gasteiger partial charge in [0, 0.05) is 0 Å². The van der Waals surface area contributed by atoms with E-state index in [0.717, 1.165) is 5.69 Å². The molecule has 5 nitrogen and oxygen atoms in total. The molecule has 3 atom stereocenters. The molecule has 0 bridgehead atoms. The zero-order valence-corrected chi connectivity index (χ0v) is 11.3. The molecule has 1 fully saturated rings. The maximum absolute atomic E-state index is 12.6. The summed E-state index contributed by atoms with van der Waals surface area (Å²) in [5.74, 6) is -1.21. The lowest BCUT2D eigenvalue weighted by molar-refractivity contribution is -0.152. The van der Waals surface area contributed by atoms with Gasteiger partial charge < -0.3 is 14.7 Å². The van der Waals surface area contributed by atoms with E-state index in [4.69, 9.17) is 9.84 Å². The SMILES string of the molecule is CC1CN(C(=O)C2CCC2C(=O)O)c2ccccc2O1. The van der Waals surface area contributed by atoms with Crippen LogP contribution in [0.5, 0.6) is 5.75 Å². The Morgan fingerprint density at radius 1 is 1.25 bits per heavy atom. The monoisotopic (exact) mass is 275 g/mol. The number of carbonyl (C=O) groups is 2. The lowest BCUT2D eigenvalue weighted by Crippen LogP contribution is -2.50. The standard InChI is InChI=1S/C15H17NO4/c1-9-8-16(12-4-2-3-5-13(12)20-9)14(17)10-6-7-11(10)15(18)19/h2-5,9-11H,6-8H2,1H3,(H,18,19). The summed E-state index contributed by atoms with van der Waals surface area (Å²) in [7, 11) is 0. The highest BCUT2D eigenvalue weighted by molar-refractivity contribution is 5.99. The minimum Gasteiger partial charge on any atom is -0.487 e. The lowest BCUT2D eigenvalue weighted by Gasteiger charge is -2.39. The molecule has 20 heavy (non-hydrogen) atoms. The number of ether oxygens (including phenoxy) is 1. The quantitative estimate of drug-likeness (QED) is 0.895. The number of carboxylic acids is 1. The first-order valence-electron chi connectivity index (χ1n) is 6.88. The van der Waals surface area contributed by atoms with E-state index < -0.39 is 17.8 Å². The van der Waals surface area contributed by atoms with Gasteiger partial charge in [-0.25, -0.2) is 0 Å². The van der Waals surface area contributed by atoms with E-state index in [1.165, 1.54) is 0 Å². The lowest BCUT2D eigenvalue weighted by atomic mass is 9.72. The Hall–Kier alpha value is -2.04. The van der Waals surface area contributed by atoms with Crippen LogP contribution in [0.3, 0.4) is 0 Å². The Morgan fingerprint density at radius 3 is 2.60 bits per heavy atom. The van der Waals surface area contributed by atoms with Gasteiger partial charge in [-0.2, -0.15) is 0 Å². The second-order valence-corrected chi connectivity index (χ2v) is 5.47. The molecule has 106 valence electrons. The molecule has 1 aliphatic heterocycles. The molecule has 3 rings (SSSR count). The second kappa shape index (κ2) is 4.81. The topological polar surface area (TPSA) is 66.8 Å². The van der Waals surface area contributed by atoms with Crippen LogP contribution in [0.25, 0.3) is 0 Å². The van der Waals surface area contributed by atoms with Crippen LogP contribution in [0.4, 0.5) is 5.69 Å². The predicted octanol–water partition coefficient (Wildman–Crippen LogP) is 1.91. The van der Waals surface area contributed by atoms with E-state index in [9.17, 15) is 9.59 Å². The van der Waals surface area contributed by atoms with Gasteiger partial charge in [0.2, 0.25) is 5.91 Å². The number of amides is 1. The van der Waals surface area contributed by atoms with E-state index in [0.29, 0.717) is 25.1 Å². The normalized spacial score (nSPS) is 28.1. The van der Waals surface area contributed by atoms with Crippen LogP contribution < -0.4 is 9.64 Å². The van der Waals surface area contributed by atoms with Gasteiger partial charge in [-0.15, -0.1) is 0 Å². The molecule has 1 aromatic rings. The Bertz CT molecular complexity index is 557. The zero-order valence-electron chi connectivity index (χ0n) is 11.3. The van der Waals surface area contributed by atoms with Crippen molar-refractivity contribution in [3.63, 3.8) is 0 Å². The molecule has 0 radical (unpaired) electrons. The third-order valence-electron chi connectivity index (χ3n) is 4.10. The van der Waals surface area contributed by atoms with Crippen molar-refractivity contribution in [3.05, 3.63) is 24.3 Å². The zero-order chi connectivity index (χ0) is 14.3. The number of anilines is 1. The van der Waals surface area contributed by atoms with Gasteiger partial charge in [-0.05, 0) is 31.9 Å². The predicted molar refractivity (Wildman–Crippen MR) is 72.7 cm³/mol. The molecule has 1 amide bonds. The highest BCUT2D eigenvalue weighted by Crippen LogP contribution is 2.40. The van der Waals surface area contributed by atoms with E-state index in [-0.39, 0.29) is 12.0 Å². The van der Waals surface area contributed by atoms with Crippen LogP contribution in [-0.2, 0) is 9.59 Å². The van der Waals surface area contributed by atoms with Crippen molar-refractivity contribution in [1.82, 2.24) is 0 Å². The fourth-order valence-electron chi connectivity index (χ4n) is 2.89. The summed E-state index contributed by atoms with van der Waals surface area (Å²) >= 11 is 0.